The zero-order valence-corrected chi connectivity index (χ0v) is 13.2. The molecule has 2 nitrogen and oxygen atoms in total. The fourth-order valence-corrected chi connectivity index (χ4v) is 2.27. The van der Waals surface area contributed by atoms with Crippen LogP contribution in [0.4, 0.5) is 0 Å². The Kier molecular flexibility index (Phi) is 5.05. The monoisotopic (exact) mass is 320 g/mol. The van der Waals surface area contributed by atoms with Crippen LogP contribution < -0.4 is 4.74 Å². The second kappa shape index (κ2) is 6.79. The molecule has 2 rings (SSSR count). The van der Waals surface area contributed by atoms with Gasteiger partial charge >= 0.3 is 0 Å². The minimum atomic E-state index is -0.109. The first kappa shape index (κ1) is 15.6. The van der Waals surface area contributed by atoms with Gasteiger partial charge in [0.2, 0.25) is 0 Å². The fourth-order valence-electron chi connectivity index (χ4n) is 1.89. The molecule has 4 heteroatoms. The summed E-state index contributed by atoms with van der Waals surface area (Å²) in [5.41, 5.74) is 2.27. The molecular formula is C17H14Cl2O2. The van der Waals surface area contributed by atoms with Gasteiger partial charge in [0, 0.05) is 5.56 Å². The number of allylic oxidation sites excluding steroid dienone is 1. The van der Waals surface area contributed by atoms with E-state index in [-0.39, 0.29) is 5.78 Å². The average molecular weight is 321 g/mol. The molecule has 2 aromatic rings. The molecule has 21 heavy (non-hydrogen) atoms. The van der Waals surface area contributed by atoms with E-state index in [1.165, 1.54) is 6.08 Å². The SMILES string of the molecule is COc1ccc(/C=C\C(=O)c2cc(Cl)c(Cl)cc2C)cc1. The predicted octanol–water partition coefficient (Wildman–Crippen LogP) is 5.21. The number of ketones is 1. The van der Waals surface area contributed by atoms with Crippen LogP contribution in [0.25, 0.3) is 6.08 Å². The molecule has 0 amide bonds. The van der Waals surface area contributed by atoms with Crippen molar-refractivity contribution in [3.05, 3.63) is 69.2 Å². The van der Waals surface area contributed by atoms with Gasteiger partial charge < -0.3 is 4.74 Å². The second-order valence-electron chi connectivity index (χ2n) is 4.55. The summed E-state index contributed by atoms with van der Waals surface area (Å²) < 4.78 is 5.09. The zero-order chi connectivity index (χ0) is 15.4. The van der Waals surface area contributed by atoms with Gasteiger partial charge in [-0.3, -0.25) is 4.79 Å². The highest BCUT2D eigenvalue weighted by molar-refractivity contribution is 6.42. The van der Waals surface area contributed by atoms with Gasteiger partial charge in [0.05, 0.1) is 17.2 Å². The molecule has 0 unspecified atom stereocenters. The van der Waals surface area contributed by atoms with Gasteiger partial charge in [-0.2, -0.15) is 0 Å². The molecule has 0 aromatic heterocycles. The topological polar surface area (TPSA) is 26.3 Å². The number of ether oxygens (including phenoxy) is 1. The molecule has 0 aliphatic rings. The van der Waals surface area contributed by atoms with Crippen LogP contribution in [0.15, 0.2) is 42.5 Å². The van der Waals surface area contributed by atoms with Crippen LogP contribution in [0.5, 0.6) is 5.75 Å². The summed E-state index contributed by atoms with van der Waals surface area (Å²) in [5, 5.41) is 0.827. The second-order valence-corrected chi connectivity index (χ2v) is 5.37. The fraction of sp³-hybridized carbons (Fsp3) is 0.118. The Bertz CT molecular complexity index is 689. The molecule has 0 N–H and O–H groups in total. The maximum Gasteiger partial charge on any atom is 0.186 e. The minimum Gasteiger partial charge on any atom is -0.497 e. The molecule has 0 fully saturated rings. The molecule has 0 bridgehead atoms. The van der Waals surface area contributed by atoms with E-state index in [0.717, 1.165) is 16.9 Å². The number of halogens is 2. The van der Waals surface area contributed by atoms with Crippen molar-refractivity contribution in [2.45, 2.75) is 6.92 Å². The van der Waals surface area contributed by atoms with Crippen molar-refractivity contribution in [3.8, 4) is 5.75 Å². The van der Waals surface area contributed by atoms with Gasteiger partial charge in [-0.05, 0) is 48.4 Å². The quantitative estimate of drug-likeness (QED) is 0.571. The number of methoxy groups -OCH3 is 1. The lowest BCUT2D eigenvalue weighted by molar-refractivity contribution is 0.104. The molecule has 0 heterocycles. The van der Waals surface area contributed by atoms with Crippen molar-refractivity contribution in [1.82, 2.24) is 0 Å². The molecule has 0 aliphatic carbocycles. The summed E-state index contributed by atoms with van der Waals surface area (Å²) in [5.74, 6) is 0.667. The lowest BCUT2D eigenvalue weighted by Crippen LogP contribution is -1.98. The van der Waals surface area contributed by atoms with Crippen LogP contribution >= 0.6 is 23.2 Å². The van der Waals surface area contributed by atoms with Crippen LogP contribution in [0.1, 0.15) is 21.5 Å². The van der Waals surface area contributed by atoms with E-state index >= 15 is 0 Å². The van der Waals surface area contributed by atoms with Gasteiger partial charge in [0.15, 0.2) is 5.78 Å². The van der Waals surface area contributed by atoms with Crippen molar-refractivity contribution >= 4 is 35.1 Å². The number of carbonyl (C=O) groups excluding carboxylic acids is 1. The third kappa shape index (κ3) is 3.87. The number of hydrogen-bond donors (Lipinski definition) is 0. The van der Waals surface area contributed by atoms with E-state index in [0.29, 0.717) is 15.6 Å². The highest BCUT2D eigenvalue weighted by Gasteiger charge is 2.09. The Labute approximate surface area is 134 Å². The van der Waals surface area contributed by atoms with Gasteiger partial charge in [0.1, 0.15) is 5.75 Å². The first-order valence-electron chi connectivity index (χ1n) is 6.33. The van der Waals surface area contributed by atoms with E-state index < -0.39 is 0 Å². The summed E-state index contributed by atoms with van der Waals surface area (Å²) in [6, 6.07) is 10.7. The standard InChI is InChI=1S/C17H14Cl2O2/c1-11-9-15(18)16(19)10-14(11)17(20)8-5-12-3-6-13(21-2)7-4-12/h3-10H,1-2H3/b8-5-. The Balaban J connectivity index is 2.20. The van der Waals surface area contributed by atoms with E-state index in [1.54, 1.807) is 25.3 Å². The molecule has 0 spiro atoms. The summed E-state index contributed by atoms with van der Waals surface area (Å²) in [4.78, 5) is 12.2. The van der Waals surface area contributed by atoms with Crippen molar-refractivity contribution in [3.63, 3.8) is 0 Å². The molecule has 2 aromatic carbocycles. The molecular weight excluding hydrogens is 307 g/mol. The number of rotatable bonds is 4. The molecule has 0 aliphatic heterocycles. The third-order valence-electron chi connectivity index (χ3n) is 3.08. The van der Waals surface area contributed by atoms with E-state index in [2.05, 4.69) is 0 Å². The van der Waals surface area contributed by atoms with E-state index in [1.807, 2.05) is 31.2 Å². The molecule has 0 saturated carbocycles. The normalized spacial score (nSPS) is 10.9. The van der Waals surface area contributed by atoms with Crippen molar-refractivity contribution in [1.29, 1.82) is 0 Å². The molecule has 0 saturated heterocycles. The Morgan fingerprint density at radius 2 is 1.71 bits per heavy atom. The smallest absolute Gasteiger partial charge is 0.186 e. The average Bonchev–Trinajstić information content (AvgIpc) is 2.49. The maximum atomic E-state index is 12.2. The van der Waals surface area contributed by atoms with E-state index in [4.69, 9.17) is 27.9 Å². The largest absolute Gasteiger partial charge is 0.497 e. The van der Waals surface area contributed by atoms with Crippen LogP contribution in [-0.2, 0) is 0 Å². The highest BCUT2D eigenvalue weighted by atomic mass is 35.5. The summed E-state index contributed by atoms with van der Waals surface area (Å²) in [6.07, 6.45) is 3.28. The maximum absolute atomic E-state index is 12.2. The van der Waals surface area contributed by atoms with Crippen LogP contribution in [0.2, 0.25) is 10.0 Å². The van der Waals surface area contributed by atoms with Gasteiger partial charge in [-0.1, -0.05) is 41.4 Å². The number of aryl methyl sites for hydroxylation is 1. The summed E-state index contributed by atoms with van der Waals surface area (Å²) in [6.45, 7) is 1.83. The summed E-state index contributed by atoms with van der Waals surface area (Å²) >= 11 is 11.9. The van der Waals surface area contributed by atoms with Crippen molar-refractivity contribution in [2.75, 3.05) is 7.11 Å². The lowest BCUT2D eigenvalue weighted by Gasteiger charge is -2.04. The number of benzene rings is 2. The van der Waals surface area contributed by atoms with Crippen molar-refractivity contribution < 1.29 is 9.53 Å². The van der Waals surface area contributed by atoms with Crippen LogP contribution in [0, 0.1) is 6.92 Å². The first-order chi connectivity index (χ1) is 10.0. The molecule has 0 atom stereocenters. The Morgan fingerprint density at radius 3 is 2.33 bits per heavy atom. The van der Waals surface area contributed by atoms with Crippen LogP contribution in [-0.4, -0.2) is 12.9 Å². The molecule has 0 radical (unpaired) electrons. The first-order valence-corrected chi connectivity index (χ1v) is 7.09. The number of hydrogen-bond acceptors (Lipinski definition) is 2. The minimum absolute atomic E-state index is 0.109. The van der Waals surface area contributed by atoms with Crippen LogP contribution in [0.3, 0.4) is 0 Å². The summed E-state index contributed by atoms with van der Waals surface area (Å²) in [7, 11) is 1.61. The number of carbonyl (C=O) groups is 1. The third-order valence-corrected chi connectivity index (χ3v) is 3.80. The zero-order valence-electron chi connectivity index (χ0n) is 11.7. The van der Waals surface area contributed by atoms with E-state index in [9.17, 15) is 4.79 Å². The predicted molar refractivity (Wildman–Crippen MR) is 87.6 cm³/mol. The van der Waals surface area contributed by atoms with Crippen molar-refractivity contribution in [2.24, 2.45) is 0 Å². The Morgan fingerprint density at radius 1 is 1.10 bits per heavy atom. The van der Waals surface area contributed by atoms with Gasteiger partial charge in [0.25, 0.3) is 0 Å². The Hall–Kier alpha value is -1.77. The van der Waals surface area contributed by atoms with Gasteiger partial charge in [-0.15, -0.1) is 0 Å². The lowest BCUT2D eigenvalue weighted by atomic mass is 10.0. The highest BCUT2D eigenvalue weighted by Crippen LogP contribution is 2.26. The molecule has 108 valence electrons. The van der Waals surface area contributed by atoms with Gasteiger partial charge in [-0.25, -0.2) is 0 Å².